The zero-order valence-electron chi connectivity index (χ0n) is 12.4. The molecule has 1 aliphatic rings. The van der Waals surface area contributed by atoms with Crippen molar-refractivity contribution in [1.29, 1.82) is 0 Å². The summed E-state index contributed by atoms with van der Waals surface area (Å²) < 4.78 is 0. The molecule has 1 aliphatic heterocycles. The molecule has 2 atom stereocenters. The van der Waals surface area contributed by atoms with Crippen LogP contribution in [0.5, 0.6) is 0 Å². The third-order valence-corrected chi connectivity index (χ3v) is 3.78. The largest absolute Gasteiger partial charge is 0.343 e. The zero-order chi connectivity index (χ0) is 15.2. The molecule has 1 aromatic carbocycles. The molecule has 0 bridgehead atoms. The van der Waals surface area contributed by atoms with Gasteiger partial charge in [-0.25, -0.2) is 0 Å². The van der Waals surface area contributed by atoms with Crippen LogP contribution < -0.4 is 11.1 Å². The summed E-state index contributed by atoms with van der Waals surface area (Å²) in [5, 5.41) is 2.72. The number of carbonyl (C=O) groups is 2. The summed E-state index contributed by atoms with van der Waals surface area (Å²) in [7, 11) is 0. The molecule has 1 saturated heterocycles. The van der Waals surface area contributed by atoms with Crippen molar-refractivity contribution in [2.45, 2.75) is 38.3 Å². The van der Waals surface area contributed by atoms with Gasteiger partial charge in [0.25, 0.3) is 0 Å². The first-order valence-electron chi connectivity index (χ1n) is 7.46. The van der Waals surface area contributed by atoms with Crippen LogP contribution in [0.25, 0.3) is 0 Å². The van der Waals surface area contributed by atoms with E-state index in [0.29, 0.717) is 6.42 Å². The Balaban J connectivity index is 1.83. The minimum absolute atomic E-state index is 0.0206. The van der Waals surface area contributed by atoms with Gasteiger partial charge in [-0.05, 0) is 31.7 Å². The predicted octanol–water partition coefficient (Wildman–Crippen LogP) is 0.684. The van der Waals surface area contributed by atoms with E-state index in [4.69, 9.17) is 5.73 Å². The highest BCUT2D eigenvalue weighted by molar-refractivity contribution is 5.89. The summed E-state index contributed by atoms with van der Waals surface area (Å²) in [6.45, 7) is 3.29. The lowest BCUT2D eigenvalue weighted by Crippen LogP contribution is -2.51. The molecule has 0 aromatic heterocycles. The summed E-state index contributed by atoms with van der Waals surface area (Å²) in [4.78, 5) is 26.0. The van der Waals surface area contributed by atoms with Crippen molar-refractivity contribution in [3.05, 3.63) is 35.9 Å². The molecule has 0 spiro atoms. The molecule has 21 heavy (non-hydrogen) atoms. The quantitative estimate of drug-likeness (QED) is 0.837. The van der Waals surface area contributed by atoms with E-state index >= 15 is 0 Å². The Kier molecular flexibility index (Phi) is 5.33. The van der Waals surface area contributed by atoms with Crippen molar-refractivity contribution < 1.29 is 9.59 Å². The first kappa shape index (κ1) is 15.5. The average molecular weight is 289 g/mol. The van der Waals surface area contributed by atoms with E-state index in [1.54, 1.807) is 11.8 Å². The van der Waals surface area contributed by atoms with Gasteiger partial charge in [-0.1, -0.05) is 30.3 Å². The van der Waals surface area contributed by atoms with Gasteiger partial charge in [0.05, 0.1) is 6.04 Å². The molecule has 2 amide bonds. The van der Waals surface area contributed by atoms with Crippen LogP contribution in [0.3, 0.4) is 0 Å². The van der Waals surface area contributed by atoms with Gasteiger partial charge in [-0.3, -0.25) is 9.59 Å². The molecular formula is C16H23N3O2. The first-order valence-corrected chi connectivity index (χ1v) is 7.46. The van der Waals surface area contributed by atoms with Crippen molar-refractivity contribution >= 4 is 11.8 Å². The van der Waals surface area contributed by atoms with Gasteiger partial charge in [0.15, 0.2) is 0 Å². The van der Waals surface area contributed by atoms with Crippen molar-refractivity contribution in [3.63, 3.8) is 0 Å². The maximum Gasteiger partial charge on any atom is 0.244 e. The topological polar surface area (TPSA) is 75.4 Å². The van der Waals surface area contributed by atoms with E-state index in [1.807, 2.05) is 30.3 Å². The third-order valence-electron chi connectivity index (χ3n) is 3.78. The Morgan fingerprint density at radius 3 is 2.48 bits per heavy atom. The van der Waals surface area contributed by atoms with Crippen LogP contribution in [0, 0.1) is 0 Å². The minimum atomic E-state index is -0.638. The van der Waals surface area contributed by atoms with Gasteiger partial charge >= 0.3 is 0 Å². The SMILES string of the molecule is CC(NC(=O)[C@H](N)Cc1ccccc1)C(=O)N1CCCC1. The molecule has 1 unspecified atom stereocenters. The minimum Gasteiger partial charge on any atom is -0.343 e. The van der Waals surface area contributed by atoms with Gasteiger partial charge in [-0.15, -0.1) is 0 Å². The predicted molar refractivity (Wildman–Crippen MR) is 81.5 cm³/mol. The lowest BCUT2D eigenvalue weighted by Gasteiger charge is -2.22. The number of hydrogen-bond acceptors (Lipinski definition) is 3. The molecule has 1 fully saturated rings. The summed E-state index contributed by atoms with van der Waals surface area (Å²) >= 11 is 0. The number of benzene rings is 1. The maximum atomic E-state index is 12.1. The monoisotopic (exact) mass is 289 g/mol. The Morgan fingerprint density at radius 1 is 1.24 bits per heavy atom. The number of carbonyl (C=O) groups excluding carboxylic acids is 2. The summed E-state index contributed by atoms with van der Waals surface area (Å²) in [5.41, 5.74) is 6.93. The molecule has 114 valence electrons. The fourth-order valence-corrected chi connectivity index (χ4v) is 2.55. The fraction of sp³-hybridized carbons (Fsp3) is 0.500. The Hall–Kier alpha value is -1.88. The van der Waals surface area contributed by atoms with Gasteiger partial charge in [0, 0.05) is 13.1 Å². The summed E-state index contributed by atoms with van der Waals surface area (Å²) in [6, 6.07) is 8.47. The van der Waals surface area contributed by atoms with E-state index in [9.17, 15) is 9.59 Å². The molecule has 3 N–H and O–H groups in total. The highest BCUT2D eigenvalue weighted by Crippen LogP contribution is 2.09. The van der Waals surface area contributed by atoms with Crippen LogP contribution in [0.1, 0.15) is 25.3 Å². The molecule has 2 rings (SSSR count). The van der Waals surface area contributed by atoms with Crippen molar-refractivity contribution in [2.75, 3.05) is 13.1 Å². The number of hydrogen-bond donors (Lipinski definition) is 2. The smallest absolute Gasteiger partial charge is 0.244 e. The molecule has 0 aliphatic carbocycles. The highest BCUT2D eigenvalue weighted by atomic mass is 16.2. The van der Waals surface area contributed by atoms with Crippen molar-refractivity contribution in [2.24, 2.45) is 5.73 Å². The molecule has 5 nitrogen and oxygen atoms in total. The fourth-order valence-electron chi connectivity index (χ4n) is 2.55. The lowest BCUT2D eigenvalue weighted by molar-refractivity contribution is -0.135. The van der Waals surface area contributed by atoms with Crippen molar-refractivity contribution in [3.8, 4) is 0 Å². The van der Waals surface area contributed by atoms with Crippen LogP contribution in [-0.4, -0.2) is 41.9 Å². The van der Waals surface area contributed by atoms with E-state index in [-0.39, 0.29) is 11.8 Å². The molecule has 1 aromatic rings. The van der Waals surface area contributed by atoms with Crippen LogP contribution in [-0.2, 0) is 16.0 Å². The van der Waals surface area contributed by atoms with Crippen LogP contribution in [0.4, 0.5) is 0 Å². The van der Waals surface area contributed by atoms with Crippen LogP contribution >= 0.6 is 0 Å². The third kappa shape index (κ3) is 4.29. The van der Waals surface area contributed by atoms with E-state index in [1.165, 1.54) is 0 Å². The number of rotatable bonds is 5. The van der Waals surface area contributed by atoms with E-state index < -0.39 is 12.1 Å². The average Bonchev–Trinajstić information content (AvgIpc) is 3.01. The molecular weight excluding hydrogens is 266 g/mol. The van der Waals surface area contributed by atoms with Gasteiger partial charge < -0.3 is 16.0 Å². The maximum absolute atomic E-state index is 12.1. The normalized spacial score (nSPS) is 17.3. The van der Waals surface area contributed by atoms with Gasteiger partial charge in [0.2, 0.25) is 11.8 Å². The number of nitrogens with two attached hydrogens (primary N) is 1. The lowest BCUT2D eigenvalue weighted by atomic mass is 10.1. The Labute approximate surface area is 125 Å². The summed E-state index contributed by atoms with van der Waals surface area (Å²) in [5.74, 6) is -0.299. The number of nitrogens with one attached hydrogen (secondary N) is 1. The molecule has 0 radical (unpaired) electrons. The van der Waals surface area contributed by atoms with Crippen LogP contribution in [0.15, 0.2) is 30.3 Å². The standard InChI is InChI=1S/C16H23N3O2/c1-12(16(21)19-9-5-6-10-19)18-15(20)14(17)11-13-7-3-2-4-8-13/h2-4,7-8,12,14H,5-6,9-11,17H2,1H3,(H,18,20)/t12?,14-/m1/s1. The molecule has 5 heteroatoms. The number of amides is 2. The highest BCUT2D eigenvalue weighted by Gasteiger charge is 2.25. The second kappa shape index (κ2) is 7.22. The van der Waals surface area contributed by atoms with E-state index in [0.717, 1.165) is 31.5 Å². The molecule has 1 heterocycles. The van der Waals surface area contributed by atoms with Gasteiger partial charge in [0.1, 0.15) is 6.04 Å². The summed E-state index contributed by atoms with van der Waals surface area (Å²) in [6.07, 6.45) is 2.55. The first-order chi connectivity index (χ1) is 10.1. The van der Waals surface area contributed by atoms with Gasteiger partial charge in [-0.2, -0.15) is 0 Å². The van der Waals surface area contributed by atoms with Crippen LogP contribution in [0.2, 0.25) is 0 Å². The molecule has 0 saturated carbocycles. The second-order valence-electron chi connectivity index (χ2n) is 5.56. The van der Waals surface area contributed by atoms with Crippen molar-refractivity contribution in [1.82, 2.24) is 10.2 Å². The van der Waals surface area contributed by atoms with E-state index in [2.05, 4.69) is 5.32 Å². The number of likely N-dealkylation sites (tertiary alicyclic amines) is 1. The number of nitrogens with zero attached hydrogens (tertiary/aromatic N) is 1. The second-order valence-corrected chi connectivity index (χ2v) is 5.56. The Morgan fingerprint density at radius 2 is 1.86 bits per heavy atom. The Bertz CT molecular complexity index is 484. The zero-order valence-corrected chi connectivity index (χ0v) is 12.4.